The van der Waals surface area contributed by atoms with Crippen LogP contribution < -0.4 is 4.72 Å². The molecule has 19 heavy (non-hydrogen) atoms. The minimum absolute atomic E-state index is 0.0924. The molecule has 1 fully saturated rings. The van der Waals surface area contributed by atoms with Crippen molar-refractivity contribution in [3.8, 4) is 0 Å². The number of carboxylic acids is 1. The zero-order chi connectivity index (χ0) is 14.3. The molecule has 8 heteroatoms. The molecule has 106 valence electrons. The van der Waals surface area contributed by atoms with Crippen LogP contribution in [0.3, 0.4) is 0 Å². The van der Waals surface area contributed by atoms with Crippen molar-refractivity contribution in [2.75, 3.05) is 6.61 Å². The average molecular weight is 288 g/mol. The number of H-pyrrole nitrogens is 1. The van der Waals surface area contributed by atoms with Gasteiger partial charge in [0.05, 0.1) is 11.6 Å². The normalized spacial score (nSPS) is 27.6. The lowest BCUT2D eigenvalue weighted by Gasteiger charge is -2.28. The first kappa shape index (κ1) is 14.0. The topological polar surface area (TPSA) is 108 Å². The molecule has 1 aliphatic rings. The monoisotopic (exact) mass is 288 g/mol. The molecule has 1 saturated heterocycles. The van der Waals surface area contributed by atoms with Gasteiger partial charge < -0.3 is 14.8 Å². The first-order valence-corrected chi connectivity index (χ1v) is 7.30. The lowest BCUT2D eigenvalue weighted by Crippen LogP contribution is -2.50. The Hall–Kier alpha value is -1.38. The Morgan fingerprint density at radius 2 is 2.32 bits per heavy atom. The highest BCUT2D eigenvalue weighted by Crippen LogP contribution is 2.27. The summed E-state index contributed by atoms with van der Waals surface area (Å²) in [7, 11) is -3.77. The maximum Gasteiger partial charge on any atom is 0.352 e. The number of hydrogen-bond donors (Lipinski definition) is 3. The molecule has 0 amide bonds. The average Bonchev–Trinajstić information content (AvgIpc) is 2.87. The molecular weight excluding hydrogens is 272 g/mol. The maximum atomic E-state index is 12.2. The summed E-state index contributed by atoms with van der Waals surface area (Å²) in [5.74, 6) is -1.20. The lowest BCUT2D eigenvalue weighted by molar-refractivity contribution is 0.0691. The van der Waals surface area contributed by atoms with Gasteiger partial charge in [0.25, 0.3) is 0 Å². The van der Waals surface area contributed by atoms with E-state index in [-0.39, 0.29) is 16.7 Å². The summed E-state index contributed by atoms with van der Waals surface area (Å²) in [5, 5.41) is 8.77. The predicted octanol–water partition coefficient (Wildman–Crippen LogP) is 0.559. The molecule has 2 heterocycles. The Bertz CT molecular complexity index is 594. The fraction of sp³-hybridized carbons (Fsp3) is 0.545. The second kappa shape index (κ2) is 4.62. The summed E-state index contributed by atoms with van der Waals surface area (Å²) < 4.78 is 32.3. The fourth-order valence-electron chi connectivity index (χ4n) is 1.99. The van der Waals surface area contributed by atoms with Gasteiger partial charge in [-0.2, -0.15) is 0 Å². The zero-order valence-electron chi connectivity index (χ0n) is 10.6. The number of aromatic nitrogens is 1. The van der Waals surface area contributed by atoms with Gasteiger partial charge in [-0.25, -0.2) is 17.9 Å². The van der Waals surface area contributed by atoms with Gasteiger partial charge >= 0.3 is 5.97 Å². The molecule has 0 spiro atoms. The molecule has 0 radical (unpaired) electrons. The maximum absolute atomic E-state index is 12.2. The third-order valence-electron chi connectivity index (χ3n) is 3.45. The zero-order valence-corrected chi connectivity index (χ0v) is 11.5. The molecule has 7 nitrogen and oxygen atoms in total. The number of rotatable bonds is 4. The second-order valence-electron chi connectivity index (χ2n) is 4.84. The van der Waals surface area contributed by atoms with E-state index in [1.165, 1.54) is 0 Å². The Morgan fingerprint density at radius 3 is 2.79 bits per heavy atom. The number of carbonyl (C=O) groups is 1. The molecule has 1 aromatic rings. The number of nitrogens with one attached hydrogen (secondary N) is 2. The summed E-state index contributed by atoms with van der Waals surface area (Å²) in [4.78, 5) is 13.1. The van der Waals surface area contributed by atoms with Crippen molar-refractivity contribution in [2.45, 2.75) is 36.8 Å². The van der Waals surface area contributed by atoms with E-state index >= 15 is 0 Å². The van der Waals surface area contributed by atoms with Crippen molar-refractivity contribution in [1.82, 2.24) is 9.71 Å². The highest BCUT2D eigenvalue weighted by molar-refractivity contribution is 7.89. The van der Waals surface area contributed by atoms with Gasteiger partial charge in [0.2, 0.25) is 10.0 Å². The summed E-state index contributed by atoms with van der Waals surface area (Å²) in [6.45, 7) is 4.07. The van der Waals surface area contributed by atoms with Crippen LogP contribution in [0, 0.1) is 0 Å². The Morgan fingerprint density at radius 1 is 1.63 bits per heavy atom. The van der Waals surface area contributed by atoms with Crippen LogP contribution in [0.2, 0.25) is 0 Å². The lowest BCUT2D eigenvalue weighted by atomic mass is 9.97. The van der Waals surface area contributed by atoms with Crippen molar-refractivity contribution < 1.29 is 23.1 Å². The number of sulfonamides is 1. The van der Waals surface area contributed by atoms with Gasteiger partial charge in [-0.05, 0) is 26.3 Å². The largest absolute Gasteiger partial charge is 0.477 e. The van der Waals surface area contributed by atoms with E-state index in [0.29, 0.717) is 13.0 Å². The standard InChI is InChI=1S/C11H16N2O5S/c1-7-11(2,3-4-18-7)13-19(16,17)8-5-9(10(14)15)12-6-8/h5-7,12-13H,3-4H2,1-2H3,(H,14,15). The summed E-state index contributed by atoms with van der Waals surface area (Å²) in [6, 6.07) is 1.09. The first-order chi connectivity index (χ1) is 8.74. The van der Waals surface area contributed by atoms with Crippen LogP contribution in [0.15, 0.2) is 17.2 Å². The van der Waals surface area contributed by atoms with Crippen LogP contribution in [0.25, 0.3) is 0 Å². The van der Waals surface area contributed by atoms with Gasteiger partial charge in [0.15, 0.2) is 0 Å². The van der Waals surface area contributed by atoms with E-state index in [9.17, 15) is 13.2 Å². The fourth-order valence-corrected chi connectivity index (χ4v) is 3.47. The van der Waals surface area contributed by atoms with Crippen LogP contribution in [-0.4, -0.2) is 42.7 Å². The van der Waals surface area contributed by atoms with Crippen LogP contribution >= 0.6 is 0 Å². The third kappa shape index (κ3) is 2.65. The van der Waals surface area contributed by atoms with Gasteiger partial charge in [0.1, 0.15) is 10.6 Å². The number of aromatic amines is 1. The molecule has 2 rings (SSSR count). The van der Waals surface area contributed by atoms with Crippen molar-refractivity contribution in [3.05, 3.63) is 18.0 Å². The molecule has 1 aromatic heterocycles. The molecule has 3 N–H and O–H groups in total. The molecule has 1 aliphatic heterocycles. The van der Waals surface area contributed by atoms with Crippen LogP contribution in [-0.2, 0) is 14.8 Å². The van der Waals surface area contributed by atoms with E-state index < -0.39 is 21.5 Å². The molecule has 0 saturated carbocycles. The van der Waals surface area contributed by atoms with E-state index in [0.717, 1.165) is 12.3 Å². The van der Waals surface area contributed by atoms with Crippen molar-refractivity contribution in [3.63, 3.8) is 0 Å². The van der Waals surface area contributed by atoms with E-state index in [4.69, 9.17) is 9.84 Å². The van der Waals surface area contributed by atoms with E-state index in [1.54, 1.807) is 13.8 Å². The molecule has 0 bridgehead atoms. The van der Waals surface area contributed by atoms with Gasteiger partial charge in [-0.3, -0.25) is 0 Å². The van der Waals surface area contributed by atoms with Crippen LogP contribution in [0.4, 0.5) is 0 Å². The SMILES string of the molecule is CC1OCCC1(C)NS(=O)(=O)c1c[nH]c(C(=O)O)c1. The van der Waals surface area contributed by atoms with Gasteiger partial charge in [0, 0.05) is 12.8 Å². The summed E-state index contributed by atoms with van der Waals surface area (Å²) in [6.07, 6.45) is 1.50. The van der Waals surface area contributed by atoms with Crippen molar-refractivity contribution in [2.24, 2.45) is 0 Å². The Labute approximate surface area is 111 Å². The summed E-state index contributed by atoms with van der Waals surface area (Å²) >= 11 is 0. The summed E-state index contributed by atoms with van der Waals surface area (Å²) in [5.41, 5.74) is -0.847. The Balaban J connectivity index is 2.25. The second-order valence-corrected chi connectivity index (χ2v) is 6.52. The van der Waals surface area contributed by atoms with Crippen LogP contribution in [0.5, 0.6) is 0 Å². The number of ether oxygens (including phenoxy) is 1. The van der Waals surface area contributed by atoms with Gasteiger partial charge in [-0.1, -0.05) is 0 Å². The first-order valence-electron chi connectivity index (χ1n) is 5.82. The molecular formula is C11H16N2O5S. The van der Waals surface area contributed by atoms with Crippen molar-refractivity contribution in [1.29, 1.82) is 0 Å². The van der Waals surface area contributed by atoms with Crippen molar-refractivity contribution >= 4 is 16.0 Å². The number of hydrogen-bond acceptors (Lipinski definition) is 4. The van der Waals surface area contributed by atoms with Crippen LogP contribution in [0.1, 0.15) is 30.8 Å². The molecule has 2 unspecified atom stereocenters. The molecule has 2 atom stereocenters. The smallest absolute Gasteiger partial charge is 0.352 e. The quantitative estimate of drug-likeness (QED) is 0.750. The van der Waals surface area contributed by atoms with Gasteiger partial charge in [-0.15, -0.1) is 0 Å². The molecule has 0 aliphatic carbocycles. The molecule has 0 aromatic carbocycles. The minimum atomic E-state index is -3.77. The highest BCUT2D eigenvalue weighted by Gasteiger charge is 2.40. The predicted molar refractivity (Wildman–Crippen MR) is 66.5 cm³/mol. The van der Waals surface area contributed by atoms with E-state index in [2.05, 4.69) is 9.71 Å². The Kier molecular flexibility index (Phi) is 3.41. The number of aromatic carboxylic acids is 1. The third-order valence-corrected chi connectivity index (χ3v) is 5.04. The highest BCUT2D eigenvalue weighted by atomic mass is 32.2. The minimum Gasteiger partial charge on any atom is -0.477 e. The number of carboxylic acid groups (broad SMARTS) is 1. The van der Waals surface area contributed by atoms with E-state index in [1.807, 2.05) is 0 Å².